The summed E-state index contributed by atoms with van der Waals surface area (Å²) in [5.74, 6) is 1.87. The Balaban J connectivity index is 0.000000159. The zero-order valence-electron chi connectivity index (χ0n) is 50.8. The molecule has 6 amide bonds. The third kappa shape index (κ3) is 18.9. The molecule has 22 nitrogen and oxygen atoms in total. The third-order valence-corrected chi connectivity index (χ3v) is 13.6. The van der Waals surface area contributed by atoms with E-state index >= 15 is 0 Å². The molecule has 0 saturated carbocycles. The van der Waals surface area contributed by atoms with E-state index in [1.54, 1.807) is 158 Å². The summed E-state index contributed by atoms with van der Waals surface area (Å²) in [6.45, 7) is 0.867. The van der Waals surface area contributed by atoms with Gasteiger partial charge in [0.25, 0.3) is 0 Å². The van der Waals surface area contributed by atoms with Gasteiger partial charge < -0.3 is 63.3 Å². The number of halogens is 7. The number of benzene rings is 9. The number of amides is 6. The molecule has 0 radical (unpaired) electrons. The van der Waals surface area contributed by atoms with Crippen LogP contribution in [0.5, 0.6) is 34.5 Å². The van der Waals surface area contributed by atoms with Crippen LogP contribution in [0.1, 0.15) is 33.8 Å². The highest BCUT2D eigenvalue weighted by Crippen LogP contribution is 2.35. The Labute approximate surface area is 551 Å². The summed E-state index contributed by atoms with van der Waals surface area (Å²) < 4.78 is 108. The van der Waals surface area contributed by atoms with Gasteiger partial charge in [-0.2, -0.15) is 31.6 Å². The van der Waals surface area contributed by atoms with Gasteiger partial charge in [-0.05, 0) is 170 Å². The van der Waals surface area contributed by atoms with E-state index in [0.717, 1.165) is 23.7 Å². The molecule has 12 aromatic rings. The van der Waals surface area contributed by atoms with Crippen molar-refractivity contribution in [1.29, 1.82) is 5.26 Å². The van der Waals surface area contributed by atoms with E-state index in [0.29, 0.717) is 126 Å². The molecule has 0 unspecified atom stereocenters. The Morgan fingerprint density at radius 1 is 0.388 bits per heavy atom. The molecule has 3 heterocycles. The van der Waals surface area contributed by atoms with Crippen molar-refractivity contribution in [1.82, 2.24) is 29.9 Å². The molecule has 0 spiro atoms. The van der Waals surface area contributed by atoms with Gasteiger partial charge in [-0.25, -0.2) is 33.7 Å². The first-order valence-electron chi connectivity index (χ1n) is 29.1. The summed E-state index contributed by atoms with van der Waals surface area (Å²) >= 11 is 0. The number of rotatable bonds is 15. The lowest BCUT2D eigenvalue weighted by molar-refractivity contribution is -0.140. The van der Waals surface area contributed by atoms with Gasteiger partial charge in [-0.1, -0.05) is 6.07 Å². The van der Waals surface area contributed by atoms with Crippen molar-refractivity contribution < 1.29 is 59.3 Å². The first-order chi connectivity index (χ1) is 47.1. The van der Waals surface area contributed by atoms with Gasteiger partial charge in [-0.15, -0.1) is 0 Å². The van der Waals surface area contributed by atoms with Crippen LogP contribution >= 0.6 is 0 Å². The van der Waals surface area contributed by atoms with Crippen LogP contribution < -0.4 is 63.3 Å². The molecule has 0 aliphatic heterocycles. The topological polar surface area (TPSA) is 330 Å². The smallest absolute Gasteiger partial charge is 0.419 e. The van der Waals surface area contributed by atoms with E-state index in [4.69, 9.17) is 36.7 Å². The highest BCUT2D eigenvalue weighted by Gasteiger charge is 2.34. The van der Waals surface area contributed by atoms with E-state index in [-0.39, 0.29) is 30.5 Å². The van der Waals surface area contributed by atoms with Crippen molar-refractivity contribution in [3.8, 4) is 40.6 Å². The molecule has 3 aromatic heterocycles. The zero-order valence-corrected chi connectivity index (χ0v) is 50.8. The Bertz CT molecular complexity index is 4880. The molecule has 12 N–H and O–H groups in total. The zero-order chi connectivity index (χ0) is 69.3. The summed E-state index contributed by atoms with van der Waals surface area (Å²) in [6, 6.07) is 49.1. The SMILES string of the molecule is N#Cc1ccc(NC(=O)Nc2ccc(Oc3ccc4ncc(CN)nc4c3)cc2)cc1.NCc1cnc2ccc(Oc3ccc(NC(=O)Nc4ccc(F)c(C(F)(F)F)c4)cc3)cc2n1.NCc1cnc2ccc(Oc3ccc(NC(=O)Nc4cccc(C(F)(F)F)c4)cc3)cc2n1. The van der Waals surface area contributed by atoms with Gasteiger partial charge >= 0.3 is 30.4 Å². The maximum absolute atomic E-state index is 13.4. The summed E-state index contributed by atoms with van der Waals surface area (Å²) in [7, 11) is 0. The van der Waals surface area contributed by atoms with Crippen molar-refractivity contribution in [3.05, 3.63) is 252 Å². The van der Waals surface area contributed by atoms with Crippen molar-refractivity contribution in [3.63, 3.8) is 0 Å². The highest BCUT2D eigenvalue weighted by atomic mass is 19.4. The minimum atomic E-state index is -4.88. The number of anilines is 6. The van der Waals surface area contributed by atoms with Gasteiger partial charge in [0, 0.05) is 72.0 Å². The maximum atomic E-state index is 13.4. The van der Waals surface area contributed by atoms with Gasteiger partial charge in [0.05, 0.1) is 91.5 Å². The number of hydrogen-bond donors (Lipinski definition) is 9. The number of nitrogens with two attached hydrogens (primary N) is 3. The molecule has 0 bridgehead atoms. The molecule has 0 aliphatic rings. The van der Waals surface area contributed by atoms with Gasteiger partial charge in [0.2, 0.25) is 0 Å². The Hall–Kier alpha value is -12.9. The van der Waals surface area contributed by atoms with E-state index in [2.05, 4.69) is 61.8 Å². The first kappa shape index (κ1) is 68.0. The molecule has 0 fully saturated rings. The molecular weight excluding hydrogens is 1280 g/mol. The second-order valence-electron chi connectivity index (χ2n) is 20.7. The van der Waals surface area contributed by atoms with Crippen LogP contribution in [-0.2, 0) is 32.0 Å². The number of nitrogens with one attached hydrogen (secondary N) is 6. The van der Waals surface area contributed by atoms with Crippen LogP contribution in [0.25, 0.3) is 33.1 Å². The number of urea groups is 3. The van der Waals surface area contributed by atoms with E-state index < -0.39 is 41.4 Å². The van der Waals surface area contributed by atoms with Crippen LogP contribution in [0.15, 0.2) is 213 Å². The number of alkyl halides is 6. The molecule has 0 atom stereocenters. The molecule has 98 heavy (non-hydrogen) atoms. The Morgan fingerprint density at radius 3 is 1.05 bits per heavy atom. The van der Waals surface area contributed by atoms with E-state index in [1.165, 1.54) is 12.1 Å². The van der Waals surface area contributed by atoms with Gasteiger partial charge in [-0.3, -0.25) is 15.0 Å². The number of nitrogens with zero attached hydrogens (tertiary/aromatic N) is 7. The van der Waals surface area contributed by atoms with Crippen LogP contribution in [-0.4, -0.2) is 48.0 Å². The minimum Gasteiger partial charge on any atom is -0.457 e. The Kier molecular flexibility index (Phi) is 21.4. The molecular formula is C69H53F7N16O6. The number of fused-ring (bicyclic) bond motifs is 3. The number of nitriles is 1. The predicted molar refractivity (Wildman–Crippen MR) is 354 cm³/mol. The lowest BCUT2D eigenvalue weighted by Crippen LogP contribution is -2.20. The van der Waals surface area contributed by atoms with Crippen LogP contribution in [0.3, 0.4) is 0 Å². The normalized spacial score (nSPS) is 11.0. The second-order valence-corrected chi connectivity index (χ2v) is 20.7. The fraction of sp³-hybridized carbons (Fsp3) is 0.0725. The fourth-order valence-electron chi connectivity index (χ4n) is 8.90. The van der Waals surface area contributed by atoms with E-state index in [9.17, 15) is 45.1 Å². The average Bonchev–Trinajstić information content (AvgIpc) is 0.869. The summed E-state index contributed by atoms with van der Waals surface area (Å²) in [6.07, 6.45) is -4.48. The first-order valence-corrected chi connectivity index (χ1v) is 29.1. The van der Waals surface area contributed by atoms with Crippen molar-refractivity contribution in [2.75, 3.05) is 31.9 Å². The standard InChI is InChI=1S/C23H17F4N5O2.C23H18F3N5O2.C23H18N6O2/c24-19-7-3-14(9-18(19)23(25,26)27)32-22(33)31-13-1-4-16(5-2-13)34-17-6-8-20-21(10-17)30-15(11-28)12-29-20;24-23(25,26)14-2-1-3-16(10-14)31-22(32)30-15-4-6-18(7-5-15)33-19-8-9-20-21(11-19)29-17(12-27)13-28-20;24-12-15-1-3-16(4-2-15)28-23(30)29-17-5-7-19(8-6-17)31-20-9-10-21-22(11-20)27-18(13-25)14-26-21/h1-10,12H,11,28H2,(H2,31,32,33);1-11,13H,12,27H2,(H2,30,31,32);1-11,14H,13,25H2,(H2,28,29,30). The summed E-state index contributed by atoms with van der Waals surface area (Å²) in [4.78, 5) is 62.6. The van der Waals surface area contributed by atoms with Crippen LogP contribution in [0, 0.1) is 17.1 Å². The number of ether oxygens (including phenoxy) is 3. The van der Waals surface area contributed by atoms with Crippen LogP contribution in [0.2, 0.25) is 0 Å². The Morgan fingerprint density at radius 2 is 0.714 bits per heavy atom. The lowest BCUT2D eigenvalue weighted by atomic mass is 10.2. The fourth-order valence-corrected chi connectivity index (χ4v) is 8.90. The summed E-state index contributed by atoms with van der Waals surface area (Å²) in [5, 5.41) is 23.9. The van der Waals surface area contributed by atoms with Gasteiger partial charge in [0.1, 0.15) is 40.3 Å². The van der Waals surface area contributed by atoms with Crippen molar-refractivity contribution in [2.24, 2.45) is 17.2 Å². The van der Waals surface area contributed by atoms with Crippen molar-refractivity contribution >= 4 is 85.3 Å². The van der Waals surface area contributed by atoms with Crippen LogP contribution in [0.4, 0.5) is 79.2 Å². The number of carbonyl (C=O) groups is 3. The lowest BCUT2D eigenvalue weighted by Gasteiger charge is -2.12. The third-order valence-electron chi connectivity index (χ3n) is 13.6. The number of hydrogen-bond acceptors (Lipinski definition) is 16. The highest BCUT2D eigenvalue weighted by molar-refractivity contribution is 6.01. The number of aromatic nitrogens is 6. The van der Waals surface area contributed by atoms with Gasteiger partial charge in [0.15, 0.2) is 0 Å². The number of carbonyl (C=O) groups excluding carboxylic acids is 3. The molecule has 9 aromatic carbocycles. The second kappa shape index (κ2) is 30.9. The average molecular weight is 1340 g/mol. The predicted octanol–water partition coefficient (Wildman–Crippen LogP) is 15.6. The van der Waals surface area contributed by atoms with E-state index in [1.807, 2.05) is 18.2 Å². The largest absolute Gasteiger partial charge is 0.457 e. The quantitative estimate of drug-likeness (QED) is 0.0431. The molecule has 494 valence electrons. The maximum Gasteiger partial charge on any atom is 0.419 e. The molecule has 29 heteroatoms. The molecule has 0 aliphatic carbocycles. The summed E-state index contributed by atoms with van der Waals surface area (Å²) in [5.41, 5.74) is 23.0. The molecule has 12 rings (SSSR count). The monoisotopic (exact) mass is 1330 g/mol. The molecule has 0 saturated heterocycles. The minimum absolute atomic E-state index is 0.0273. The van der Waals surface area contributed by atoms with Crippen molar-refractivity contribution in [2.45, 2.75) is 32.0 Å².